The molecule has 3 atom stereocenters. The van der Waals surface area contributed by atoms with Crippen molar-refractivity contribution in [2.24, 2.45) is 5.92 Å². The van der Waals surface area contributed by atoms with E-state index in [1.807, 2.05) is 84.9 Å². The molecule has 32 heavy (non-hydrogen) atoms. The van der Waals surface area contributed by atoms with Crippen molar-refractivity contribution in [1.29, 1.82) is 0 Å². The van der Waals surface area contributed by atoms with Gasteiger partial charge in [-0.15, -0.1) is 0 Å². The number of fused-ring (bicyclic) bond motifs is 1. The van der Waals surface area contributed by atoms with Crippen molar-refractivity contribution in [3.05, 3.63) is 96.6 Å². The Kier molecular flexibility index (Phi) is 5.21. The SMILES string of the molecule is COc1ccc(/C=C/[C@H]2[C@@H]3C(=O)N(c4ccccc4)C(=O)[C@@H]3ON2c2ccccc2)cc1. The Hall–Kier alpha value is -3.90. The number of hydroxylamine groups is 1. The fraction of sp³-hybridized carbons (Fsp3) is 0.154. The number of amides is 2. The number of ether oxygens (including phenoxy) is 1. The van der Waals surface area contributed by atoms with Gasteiger partial charge in [0.05, 0.1) is 24.5 Å². The van der Waals surface area contributed by atoms with E-state index in [0.717, 1.165) is 17.0 Å². The van der Waals surface area contributed by atoms with E-state index in [9.17, 15) is 9.59 Å². The molecule has 0 radical (unpaired) electrons. The molecule has 2 heterocycles. The predicted molar refractivity (Wildman–Crippen MR) is 122 cm³/mol. The first-order valence-corrected chi connectivity index (χ1v) is 10.4. The molecule has 5 rings (SSSR count). The summed E-state index contributed by atoms with van der Waals surface area (Å²) in [6.45, 7) is 0. The molecule has 6 nitrogen and oxygen atoms in total. The van der Waals surface area contributed by atoms with Crippen molar-refractivity contribution in [3.63, 3.8) is 0 Å². The monoisotopic (exact) mass is 426 g/mol. The highest BCUT2D eigenvalue weighted by atomic mass is 16.7. The van der Waals surface area contributed by atoms with Gasteiger partial charge < -0.3 is 4.74 Å². The minimum absolute atomic E-state index is 0.256. The first-order chi connectivity index (χ1) is 15.7. The molecule has 0 aliphatic carbocycles. The molecule has 6 heteroatoms. The zero-order valence-corrected chi connectivity index (χ0v) is 17.5. The smallest absolute Gasteiger partial charge is 0.266 e. The van der Waals surface area contributed by atoms with Gasteiger partial charge in [-0.2, -0.15) is 0 Å². The van der Waals surface area contributed by atoms with Crippen LogP contribution < -0.4 is 14.7 Å². The number of hydrogen-bond acceptors (Lipinski definition) is 5. The average Bonchev–Trinajstić information content (AvgIpc) is 3.34. The van der Waals surface area contributed by atoms with E-state index >= 15 is 0 Å². The number of anilines is 2. The maximum Gasteiger partial charge on any atom is 0.266 e. The number of benzene rings is 3. The van der Waals surface area contributed by atoms with Gasteiger partial charge in [0.15, 0.2) is 6.10 Å². The van der Waals surface area contributed by atoms with Gasteiger partial charge in [-0.3, -0.25) is 14.4 Å². The molecule has 0 saturated carbocycles. The van der Waals surface area contributed by atoms with Crippen LogP contribution in [-0.4, -0.2) is 31.1 Å². The van der Waals surface area contributed by atoms with E-state index in [2.05, 4.69) is 0 Å². The van der Waals surface area contributed by atoms with E-state index in [-0.39, 0.29) is 11.8 Å². The summed E-state index contributed by atoms with van der Waals surface area (Å²) in [4.78, 5) is 33.9. The maximum absolute atomic E-state index is 13.4. The Balaban J connectivity index is 1.50. The zero-order chi connectivity index (χ0) is 22.1. The molecule has 0 aromatic heterocycles. The summed E-state index contributed by atoms with van der Waals surface area (Å²) in [6.07, 6.45) is 3.00. The Morgan fingerprint density at radius 1 is 0.812 bits per heavy atom. The molecule has 3 aromatic carbocycles. The highest BCUT2D eigenvalue weighted by Crippen LogP contribution is 2.41. The molecule has 2 aliphatic heterocycles. The summed E-state index contributed by atoms with van der Waals surface area (Å²) in [5.41, 5.74) is 2.31. The fourth-order valence-electron chi connectivity index (χ4n) is 4.20. The Labute approximate surface area is 186 Å². The second-order valence-electron chi connectivity index (χ2n) is 7.68. The summed E-state index contributed by atoms with van der Waals surface area (Å²) in [5.74, 6) is -0.466. The maximum atomic E-state index is 13.4. The van der Waals surface area contributed by atoms with Crippen molar-refractivity contribution in [1.82, 2.24) is 0 Å². The van der Waals surface area contributed by atoms with Crippen LogP contribution >= 0.6 is 0 Å². The Morgan fingerprint density at radius 3 is 2.06 bits per heavy atom. The summed E-state index contributed by atoms with van der Waals surface area (Å²) in [7, 11) is 1.62. The summed E-state index contributed by atoms with van der Waals surface area (Å²) >= 11 is 0. The lowest BCUT2D eigenvalue weighted by Crippen LogP contribution is -2.39. The number of methoxy groups -OCH3 is 1. The van der Waals surface area contributed by atoms with Gasteiger partial charge in [0, 0.05) is 0 Å². The minimum Gasteiger partial charge on any atom is -0.497 e. The van der Waals surface area contributed by atoms with Crippen LogP contribution in [-0.2, 0) is 14.4 Å². The van der Waals surface area contributed by atoms with Gasteiger partial charge in [-0.05, 0) is 42.0 Å². The third-order valence-electron chi connectivity index (χ3n) is 5.79. The fourth-order valence-corrected chi connectivity index (χ4v) is 4.20. The van der Waals surface area contributed by atoms with Crippen LogP contribution in [0.3, 0.4) is 0 Å². The lowest BCUT2D eigenvalue weighted by atomic mass is 9.95. The number of para-hydroxylation sites is 2. The average molecular weight is 426 g/mol. The first kappa shape index (κ1) is 20.0. The molecule has 2 fully saturated rings. The number of nitrogens with zero attached hydrogens (tertiary/aromatic N) is 2. The third kappa shape index (κ3) is 3.44. The van der Waals surface area contributed by atoms with Crippen LogP contribution in [0.1, 0.15) is 5.56 Å². The van der Waals surface area contributed by atoms with Crippen molar-refractivity contribution in [2.45, 2.75) is 12.1 Å². The number of carbonyl (C=O) groups excluding carboxylic acids is 2. The highest BCUT2D eigenvalue weighted by Gasteiger charge is 2.59. The van der Waals surface area contributed by atoms with Crippen LogP contribution in [0.25, 0.3) is 6.08 Å². The number of imide groups is 1. The van der Waals surface area contributed by atoms with Gasteiger partial charge in [0.2, 0.25) is 5.91 Å². The molecule has 0 N–H and O–H groups in total. The van der Waals surface area contributed by atoms with Gasteiger partial charge in [-0.1, -0.05) is 60.7 Å². The quantitative estimate of drug-likeness (QED) is 0.576. The number of rotatable bonds is 5. The molecule has 0 unspecified atom stereocenters. The molecule has 2 amide bonds. The zero-order valence-electron chi connectivity index (χ0n) is 17.5. The molecule has 0 bridgehead atoms. The van der Waals surface area contributed by atoms with Gasteiger partial charge in [0.1, 0.15) is 11.7 Å². The van der Waals surface area contributed by atoms with E-state index in [0.29, 0.717) is 5.69 Å². The van der Waals surface area contributed by atoms with E-state index in [1.54, 1.807) is 24.3 Å². The van der Waals surface area contributed by atoms with Gasteiger partial charge >= 0.3 is 0 Å². The predicted octanol–water partition coefficient (Wildman–Crippen LogP) is 4.09. The topological polar surface area (TPSA) is 59.1 Å². The molecule has 0 spiro atoms. The lowest BCUT2D eigenvalue weighted by Gasteiger charge is -2.26. The molecule has 3 aromatic rings. The van der Waals surface area contributed by atoms with Crippen LogP contribution in [0.15, 0.2) is 91.0 Å². The second kappa shape index (κ2) is 8.32. The summed E-state index contributed by atoms with van der Waals surface area (Å²) in [5, 5.41) is 1.67. The van der Waals surface area contributed by atoms with Crippen molar-refractivity contribution < 1.29 is 19.2 Å². The van der Waals surface area contributed by atoms with Crippen molar-refractivity contribution >= 4 is 29.3 Å². The molecular weight excluding hydrogens is 404 g/mol. The third-order valence-corrected chi connectivity index (χ3v) is 5.79. The van der Waals surface area contributed by atoms with E-state index in [1.165, 1.54) is 4.90 Å². The Bertz CT molecular complexity index is 1150. The molecule has 160 valence electrons. The number of carbonyl (C=O) groups is 2. The van der Waals surface area contributed by atoms with Crippen LogP contribution in [0.2, 0.25) is 0 Å². The molecule has 2 aliphatic rings. The summed E-state index contributed by atoms with van der Waals surface area (Å²) in [6, 6.07) is 25.7. The number of hydrogen-bond donors (Lipinski definition) is 0. The lowest BCUT2D eigenvalue weighted by molar-refractivity contribution is -0.126. The van der Waals surface area contributed by atoms with E-state index in [4.69, 9.17) is 9.57 Å². The largest absolute Gasteiger partial charge is 0.497 e. The van der Waals surface area contributed by atoms with Crippen molar-refractivity contribution in [2.75, 3.05) is 17.1 Å². The van der Waals surface area contributed by atoms with Crippen LogP contribution in [0, 0.1) is 5.92 Å². The normalized spacial score (nSPS) is 22.6. The first-order valence-electron chi connectivity index (χ1n) is 10.4. The highest BCUT2D eigenvalue weighted by molar-refractivity contribution is 6.24. The van der Waals surface area contributed by atoms with Crippen LogP contribution in [0.4, 0.5) is 11.4 Å². The van der Waals surface area contributed by atoms with Crippen molar-refractivity contribution in [3.8, 4) is 5.75 Å². The Morgan fingerprint density at radius 2 is 1.44 bits per heavy atom. The molecule has 2 saturated heterocycles. The summed E-state index contributed by atoms with van der Waals surface area (Å²) < 4.78 is 5.22. The standard InChI is InChI=1S/C26H22N2O4/c1-31-21-15-12-18(13-16-21)14-17-22-23-24(32-28(22)20-10-6-3-7-11-20)26(30)27(25(23)29)19-8-4-2-5-9-19/h2-17,22-24H,1H3/b17-14+/t22-,23-,24+/m0/s1. The van der Waals surface area contributed by atoms with Crippen LogP contribution in [0.5, 0.6) is 5.75 Å². The van der Waals surface area contributed by atoms with Gasteiger partial charge in [0.25, 0.3) is 5.91 Å². The van der Waals surface area contributed by atoms with E-state index < -0.39 is 18.1 Å². The minimum atomic E-state index is -0.867. The van der Waals surface area contributed by atoms with Gasteiger partial charge in [-0.25, -0.2) is 9.96 Å². The second-order valence-corrected chi connectivity index (χ2v) is 7.68. The molecular formula is C26H22N2O4.